The molecule has 0 aliphatic heterocycles. The predicted octanol–water partition coefficient (Wildman–Crippen LogP) is 3.56. The highest BCUT2D eigenvalue weighted by atomic mass is 35.5. The molecule has 1 N–H and O–H groups in total. The molecule has 0 atom stereocenters. The summed E-state index contributed by atoms with van der Waals surface area (Å²) in [6, 6.07) is 9.62. The quantitative estimate of drug-likeness (QED) is 0.493. The number of aryl methyl sites for hydroxylation is 1. The van der Waals surface area contributed by atoms with Gasteiger partial charge in [-0.05, 0) is 38.1 Å². The summed E-state index contributed by atoms with van der Waals surface area (Å²) in [6.45, 7) is 3.98. The molecule has 0 radical (unpaired) electrons. The second-order valence-corrected chi connectivity index (χ2v) is 4.32. The molecule has 1 aromatic carbocycles. The first-order chi connectivity index (χ1) is 8.13. The molecule has 88 valence electrons. The molecule has 0 bridgehead atoms. The standard InChI is InChI=1S/C13H13ClN2O/c1-9-6-11(8-15-17)10(2)16(9)13-5-3-4-12(14)7-13/h3-8,17H,1-2H3/b15-8-. The van der Waals surface area contributed by atoms with Crippen molar-refractivity contribution in [2.45, 2.75) is 13.8 Å². The molecule has 0 saturated carbocycles. The predicted molar refractivity (Wildman–Crippen MR) is 69.6 cm³/mol. The number of aromatic nitrogens is 1. The van der Waals surface area contributed by atoms with Gasteiger partial charge in [-0.3, -0.25) is 0 Å². The molecule has 0 saturated heterocycles. The van der Waals surface area contributed by atoms with Gasteiger partial charge in [0.05, 0.1) is 6.21 Å². The van der Waals surface area contributed by atoms with Gasteiger partial charge in [-0.1, -0.05) is 22.8 Å². The lowest BCUT2D eigenvalue weighted by atomic mass is 10.2. The van der Waals surface area contributed by atoms with E-state index in [2.05, 4.69) is 9.72 Å². The molecule has 0 amide bonds. The molecule has 2 aromatic rings. The van der Waals surface area contributed by atoms with Crippen LogP contribution in [-0.2, 0) is 0 Å². The lowest BCUT2D eigenvalue weighted by Crippen LogP contribution is -1.99. The van der Waals surface area contributed by atoms with Crippen molar-refractivity contribution in [3.8, 4) is 5.69 Å². The molecular formula is C13H13ClN2O. The third kappa shape index (κ3) is 2.19. The number of halogens is 1. The van der Waals surface area contributed by atoms with Crippen molar-refractivity contribution in [1.82, 2.24) is 4.57 Å². The van der Waals surface area contributed by atoms with Crippen LogP contribution in [0.3, 0.4) is 0 Å². The Morgan fingerprint density at radius 3 is 2.71 bits per heavy atom. The van der Waals surface area contributed by atoms with Gasteiger partial charge in [-0.15, -0.1) is 0 Å². The smallest absolute Gasteiger partial charge is 0.0752 e. The van der Waals surface area contributed by atoms with Gasteiger partial charge in [-0.25, -0.2) is 0 Å². The Hall–Kier alpha value is -1.74. The van der Waals surface area contributed by atoms with Gasteiger partial charge in [0, 0.05) is 27.7 Å². The zero-order valence-corrected chi connectivity index (χ0v) is 10.4. The molecule has 0 fully saturated rings. The summed E-state index contributed by atoms with van der Waals surface area (Å²) in [7, 11) is 0. The Morgan fingerprint density at radius 2 is 2.06 bits per heavy atom. The maximum atomic E-state index is 8.60. The van der Waals surface area contributed by atoms with Crippen molar-refractivity contribution in [2.75, 3.05) is 0 Å². The Morgan fingerprint density at radius 1 is 1.29 bits per heavy atom. The summed E-state index contributed by atoms with van der Waals surface area (Å²) in [6.07, 6.45) is 1.43. The van der Waals surface area contributed by atoms with Crippen LogP contribution >= 0.6 is 11.6 Å². The van der Waals surface area contributed by atoms with E-state index in [1.54, 1.807) is 0 Å². The fraction of sp³-hybridized carbons (Fsp3) is 0.154. The third-order valence-corrected chi connectivity index (χ3v) is 2.97. The summed E-state index contributed by atoms with van der Waals surface area (Å²) < 4.78 is 2.07. The maximum absolute atomic E-state index is 8.60. The summed E-state index contributed by atoms with van der Waals surface area (Å²) in [5, 5.41) is 12.4. The van der Waals surface area contributed by atoms with Gasteiger partial charge in [0.15, 0.2) is 0 Å². The van der Waals surface area contributed by atoms with E-state index in [9.17, 15) is 0 Å². The molecule has 2 rings (SSSR count). The van der Waals surface area contributed by atoms with E-state index < -0.39 is 0 Å². The molecule has 0 unspecified atom stereocenters. The number of hydrogen-bond donors (Lipinski definition) is 1. The summed E-state index contributed by atoms with van der Waals surface area (Å²) in [4.78, 5) is 0. The average Bonchev–Trinajstić information content (AvgIpc) is 2.55. The van der Waals surface area contributed by atoms with E-state index in [0.717, 1.165) is 22.6 Å². The highest BCUT2D eigenvalue weighted by Gasteiger charge is 2.09. The molecule has 1 aromatic heterocycles. The molecule has 4 heteroatoms. The topological polar surface area (TPSA) is 37.5 Å². The van der Waals surface area contributed by atoms with Crippen LogP contribution < -0.4 is 0 Å². The average molecular weight is 249 g/mol. The van der Waals surface area contributed by atoms with Crippen LogP contribution in [-0.4, -0.2) is 16.0 Å². The van der Waals surface area contributed by atoms with E-state index in [0.29, 0.717) is 5.02 Å². The van der Waals surface area contributed by atoms with Crippen LogP contribution in [0.15, 0.2) is 35.5 Å². The molecule has 0 spiro atoms. The molecule has 17 heavy (non-hydrogen) atoms. The van der Waals surface area contributed by atoms with Crippen molar-refractivity contribution in [2.24, 2.45) is 5.16 Å². The van der Waals surface area contributed by atoms with Crippen LogP contribution in [0.1, 0.15) is 17.0 Å². The Labute approximate surface area is 105 Å². The van der Waals surface area contributed by atoms with Crippen molar-refractivity contribution in [3.63, 3.8) is 0 Å². The minimum absolute atomic E-state index is 0.701. The highest BCUT2D eigenvalue weighted by Crippen LogP contribution is 2.22. The first-order valence-electron chi connectivity index (χ1n) is 5.26. The maximum Gasteiger partial charge on any atom is 0.0752 e. The van der Waals surface area contributed by atoms with Crippen LogP contribution in [0.4, 0.5) is 0 Å². The van der Waals surface area contributed by atoms with E-state index in [4.69, 9.17) is 16.8 Å². The second-order valence-electron chi connectivity index (χ2n) is 3.89. The van der Waals surface area contributed by atoms with Crippen molar-refractivity contribution >= 4 is 17.8 Å². The summed E-state index contributed by atoms with van der Waals surface area (Å²) in [5.41, 5.74) is 3.98. The SMILES string of the molecule is Cc1cc(/C=N\O)c(C)n1-c1cccc(Cl)c1. The number of nitrogens with zero attached hydrogens (tertiary/aromatic N) is 2. The zero-order valence-electron chi connectivity index (χ0n) is 9.68. The molecular weight excluding hydrogens is 236 g/mol. The Balaban J connectivity index is 2.59. The van der Waals surface area contributed by atoms with Crippen LogP contribution in [0, 0.1) is 13.8 Å². The molecule has 0 aliphatic carbocycles. The largest absolute Gasteiger partial charge is 0.411 e. The first-order valence-corrected chi connectivity index (χ1v) is 5.63. The van der Waals surface area contributed by atoms with Gasteiger partial charge in [0.1, 0.15) is 0 Å². The lowest BCUT2D eigenvalue weighted by molar-refractivity contribution is 0.322. The van der Waals surface area contributed by atoms with E-state index in [1.165, 1.54) is 6.21 Å². The second kappa shape index (κ2) is 4.63. The first kappa shape index (κ1) is 11.7. The van der Waals surface area contributed by atoms with Gasteiger partial charge < -0.3 is 9.77 Å². The van der Waals surface area contributed by atoms with Crippen LogP contribution in [0.25, 0.3) is 5.69 Å². The van der Waals surface area contributed by atoms with Crippen molar-refractivity contribution in [1.29, 1.82) is 0 Å². The van der Waals surface area contributed by atoms with Gasteiger partial charge in [0.25, 0.3) is 0 Å². The van der Waals surface area contributed by atoms with Crippen LogP contribution in [0.2, 0.25) is 5.02 Å². The Bertz CT molecular complexity index is 573. The summed E-state index contributed by atoms with van der Waals surface area (Å²) in [5.74, 6) is 0. The lowest BCUT2D eigenvalue weighted by Gasteiger charge is -2.09. The van der Waals surface area contributed by atoms with Crippen molar-refractivity contribution in [3.05, 3.63) is 52.3 Å². The highest BCUT2D eigenvalue weighted by molar-refractivity contribution is 6.30. The molecule has 3 nitrogen and oxygen atoms in total. The number of hydrogen-bond acceptors (Lipinski definition) is 2. The van der Waals surface area contributed by atoms with Crippen molar-refractivity contribution < 1.29 is 5.21 Å². The number of rotatable bonds is 2. The minimum atomic E-state index is 0.701. The number of benzene rings is 1. The third-order valence-electron chi connectivity index (χ3n) is 2.73. The zero-order chi connectivity index (χ0) is 12.4. The normalized spacial score (nSPS) is 11.2. The van der Waals surface area contributed by atoms with Gasteiger partial charge in [0.2, 0.25) is 0 Å². The van der Waals surface area contributed by atoms with E-state index in [-0.39, 0.29) is 0 Å². The monoisotopic (exact) mass is 248 g/mol. The Kier molecular flexibility index (Phi) is 3.20. The van der Waals surface area contributed by atoms with E-state index >= 15 is 0 Å². The molecule has 0 aliphatic rings. The molecule has 1 heterocycles. The summed E-state index contributed by atoms with van der Waals surface area (Å²) >= 11 is 5.99. The van der Waals surface area contributed by atoms with Crippen LogP contribution in [0.5, 0.6) is 0 Å². The van der Waals surface area contributed by atoms with E-state index in [1.807, 2.05) is 44.2 Å². The number of oxime groups is 1. The fourth-order valence-corrected chi connectivity index (χ4v) is 2.18. The van der Waals surface area contributed by atoms with Gasteiger partial charge in [-0.2, -0.15) is 0 Å². The fourth-order valence-electron chi connectivity index (χ4n) is 1.99. The van der Waals surface area contributed by atoms with Gasteiger partial charge >= 0.3 is 0 Å². The minimum Gasteiger partial charge on any atom is -0.411 e.